The smallest absolute Gasteiger partial charge is 0.267 e. The predicted molar refractivity (Wildman–Crippen MR) is 44.9 cm³/mol. The number of aryl methyl sites for hydroxylation is 1. The third kappa shape index (κ3) is 1.68. The zero-order valence-electron chi connectivity index (χ0n) is 7.34. The van der Waals surface area contributed by atoms with Gasteiger partial charge < -0.3 is 10.5 Å². The molecule has 2 N–H and O–H groups in total. The highest BCUT2D eigenvalue weighted by molar-refractivity contribution is 5.59. The summed E-state index contributed by atoms with van der Waals surface area (Å²) in [5.74, 6) is 0.220. The van der Waals surface area contributed by atoms with Crippen LogP contribution < -0.4 is 10.5 Å². The SMILES string of the molecule is COc1c(C)ncc(C(F)F)c1N. The van der Waals surface area contributed by atoms with Crippen LogP contribution in [-0.2, 0) is 0 Å². The molecule has 1 aromatic rings. The van der Waals surface area contributed by atoms with Crippen LogP contribution in [0.5, 0.6) is 5.75 Å². The first-order valence-corrected chi connectivity index (χ1v) is 3.65. The van der Waals surface area contributed by atoms with Crippen LogP contribution in [0.2, 0.25) is 0 Å². The molecule has 0 bridgehead atoms. The predicted octanol–water partition coefficient (Wildman–Crippen LogP) is 1.92. The summed E-state index contributed by atoms with van der Waals surface area (Å²) in [6, 6.07) is 0. The van der Waals surface area contributed by atoms with Crippen LogP contribution in [0.15, 0.2) is 6.20 Å². The Bertz CT molecular complexity index is 315. The Hall–Kier alpha value is -1.39. The summed E-state index contributed by atoms with van der Waals surface area (Å²) in [5, 5.41) is 0. The van der Waals surface area contributed by atoms with E-state index in [2.05, 4.69) is 4.98 Å². The van der Waals surface area contributed by atoms with Gasteiger partial charge in [-0.25, -0.2) is 8.78 Å². The second-order valence-electron chi connectivity index (χ2n) is 2.55. The molecule has 0 aliphatic carbocycles. The average molecular weight is 188 g/mol. The number of rotatable bonds is 2. The Labute approximate surface area is 74.5 Å². The van der Waals surface area contributed by atoms with Gasteiger partial charge in [0, 0.05) is 6.20 Å². The van der Waals surface area contributed by atoms with Crippen molar-refractivity contribution < 1.29 is 13.5 Å². The minimum Gasteiger partial charge on any atom is -0.493 e. The number of hydrogen-bond acceptors (Lipinski definition) is 3. The van der Waals surface area contributed by atoms with Gasteiger partial charge in [0.25, 0.3) is 6.43 Å². The van der Waals surface area contributed by atoms with E-state index in [9.17, 15) is 8.78 Å². The highest BCUT2D eigenvalue weighted by Gasteiger charge is 2.16. The van der Waals surface area contributed by atoms with Crippen molar-refractivity contribution >= 4 is 5.69 Å². The van der Waals surface area contributed by atoms with Crippen LogP contribution >= 0.6 is 0 Å². The Morgan fingerprint density at radius 3 is 2.62 bits per heavy atom. The normalized spacial score (nSPS) is 10.5. The first-order chi connectivity index (χ1) is 6.07. The molecule has 13 heavy (non-hydrogen) atoms. The van der Waals surface area contributed by atoms with Crippen molar-refractivity contribution in [3.8, 4) is 5.75 Å². The number of hydrogen-bond donors (Lipinski definition) is 1. The summed E-state index contributed by atoms with van der Waals surface area (Å²) in [7, 11) is 1.37. The van der Waals surface area contributed by atoms with E-state index in [1.54, 1.807) is 6.92 Å². The number of aromatic nitrogens is 1. The van der Waals surface area contributed by atoms with Gasteiger partial charge in [-0.1, -0.05) is 0 Å². The van der Waals surface area contributed by atoms with Crippen molar-refractivity contribution in [3.63, 3.8) is 0 Å². The van der Waals surface area contributed by atoms with Crippen LogP contribution in [0, 0.1) is 6.92 Å². The lowest BCUT2D eigenvalue weighted by atomic mass is 10.2. The molecule has 0 saturated heterocycles. The van der Waals surface area contributed by atoms with Crippen LogP contribution in [0.25, 0.3) is 0 Å². The molecule has 3 nitrogen and oxygen atoms in total. The van der Waals surface area contributed by atoms with Gasteiger partial charge in [-0.15, -0.1) is 0 Å². The number of alkyl halides is 2. The van der Waals surface area contributed by atoms with E-state index < -0.39 is 6.43 Å². The topological polar surface area (TPSA) is 48.1 Å². The van der Waals surface area contributed by atoms with Gasteiger partial charge in [-0.05, 0) is 6.92 Å². The van der Waals surface area contributed by atoms with E-state index in [4.69, 9.17) is 10.5 Å². The Morgan fingerprint density at radius 1 is 1.54 bits per heavy atom. The van der Waals surface area contributed by atoms with Gasteiger partial charge in [-0.3, -0.25) is 4.98 Å². The zero-order valence-corrected chi connectivity index (χ0v) is 7.34. The van der Waals surface area contributed by atoms with Crippen molar-refractivity contribution in [2.24, 2.45) is 0 Å². The molecule has 0 fully saturated rings. The molecule has 0 unspecified atom stereocenters. The lowest BCUT2D eigenvalue weighted by molar-refractivity contribution is 0.151. The van der Waals surface area contributed by atoms with Gasteiger partial charge in [0.05, 0.1) is 24.1 Å². The van der Waals surface area contributed by atoms with Crippen molar-refractivity contribution in [2.45, 2.75) is 13.3 Å². The van der Waals surface area contributed by atoms with Crippen molar-refractivity contribution in [3.05, 3.63) is 17.5 Å². The number of anilines is 1. The van der Waals surface area contributed by atoms with E-state index in [1.165, 1.54) is 7.11 Å². The molecular formula is C8H10F2N2O. The summed E-state index contributed by atoms with van der Waals surface area (Å²) in [6.45, 7) is 1.64. The molecule has 0 amide bonds. The fourth-order valence-corrected chi connectivity index (χ4v) is 1.05. The number of halogens is 2. The molecule has 1 heterocycles. The summed E-state index contributed by atoms with van der Waals surface area (Å²) < 4.78 is 29.4. The monoisotopic (exact) mass is 188 g/mol. The van der Waals surface area contributed by atoms with Crippen molar-refractivity contribution in [1.82, 2.24) is 4.98 Å². The fraction of sp³-hybridized carbons (Fsp3) is 0.375. The fourth-order valence-electron chi connectivity index (χ4n) is 1.05. The minimum atomic E-state index is -2.62. The van der Waals surface area contributed by atoms with Gasteiger partial charge in [0.1, 0.15) is 0 Å². The summed E-state index contributed by atoms with van der Waals surface area (Å²) >= 11 is 0. The van der Waals surface area contributed by atoms with Crippen LogP contribution in [0.4, 0.5) is 14.5 Å². The van der Waals surface area contributed by atoms with Crippen molar-refractivity contribution in [1.29, 1.82) is 0 Å². The van der Waals surface area contributed by atoms with Gasteiger partial charge >= 0.3 is 0 Å². The molecular weight excluding hydrogens is 178 g/mol. The molecule has 1 aromatic heterocycles. The molecule has 0 spiro atoms. The zero-order chi connectivity index (χ0) is 10.0. The quantitative estimate of drug-likeness (QED) is 0.771. The van der Waals surface area contributed by atoms with Crippen LogP contribution in [0.1, 0.15) is 17.7 Å². The highest BCUT2D eigenvalue weighted by Crippen LogP contribution is 2.32. The molecule has 0 aliphatic rings. The van der Waals surface area contributed by atoms with Gasteiger partial charge in [0.15, 0.2) is 5.75 Å². The minimum absolute atomic E-state index is 0.0370. The Morgan fingerprint density at radius 2 is 2.15 bits per heavy atom. The van der Waals surface area contributed by atoms with Gasteiger partial charge in [-0.2, -0.15) is 0 Å². The highest BCUT2D eigenvalue weighted by atomic mass is 19.3. The van der Waals surface area contributed by atoms with E-state index in [-0.39, 0.29) is 17.0 Å². The third-order valence-corrected chi connectivity index (χ3v) is 1.72. The van der Waals surface area contributed by atoms with E-state index >= 15 is 0 Å². The van der Waals surface area contributed by atoms with Crippen molar-refractivity contribution in [2.75, 3.05) is 12.8 Å². The first-order valence-electron chi connectivity index (χ1n) is 3.65. The summed E-state index contributed by atoms with van der Waals surface area (Å²) in [4.78, 5) is 3.75. The lowest BCUT2D eigenvalue weighted by Crippen LogP contribution is -2.02. The number of nitrogens with two attached hydrogens (primary N) is 1. The molecule has 0 atom stereocenters. The largest absolute Gasteiger partial charge is 0.493 e. The molecule has 5 heteroatoms. The second-order valence-corrected chi connectivity index (χ2v) is 2.55. The Balaban J connectivity index is 3.27. The standard InChI is InChI=1S/C8H10F2N2O/c1-4-7(13-2)6(11)5(3-12-4)8(9)10/h3,8H,1-2H3,(H2,11,12). The lowest BCUT2D eigenvalue weighted by Gasteiger charge is -2.10. The number of methoxy groups -OCH3 is 1. The van der Waals surface area contributed by atoms with Crippen LogP contribution in [-0.4, -0.2) is 12.1 Å². The maximum Gasteiger partial charge on any atom is 0.267 e. The third-order valence-electron chi connectivity index (χ3n) is 1.72. The van der Waals surface area contributed by atoms with E-state index in [1.807, 2.05) is 0 Å². The maximum absolute atomic E-state index is 12.3. The molecule has 0 aromatic carbocycles. The molecule has 0 aliphatic heterocycles. The second kappa shape index (κ2) is 3.55. The molecule has 0 radical (unpaired) electrons. The Kier molecular flexibility index (Phi) is 2.65. The number of pyridine rings is 1. The van der Waals surface area contributed by atoms with Crippen LogP contribution in [0.3, 0.4) is 0 Å². The number of nitrogens with zero attached hydrogens (tertiary/aromatic N) is 1. The van der Waals surface area contributed by atoms with E-state index in [0.717, 1.165) is 6.20 Å². The van der Waals surface area contributed by atoms with Gasteiger partial charge in [0.2, 0.25) is 0 Å². The average Bonchev–Trinajstić information content (AvgIpc) is 2.04. The molecule has 0 saturated carbocycles. The van der Waals surface area contributed by atoms with E-state index in [0.29, 0.717) is 5.69 Å². The number of nitrogen functional groups attached to an aromatic ring is 1. The number of ether oxygens (including phenoxy) is 1. The summed E-state index contributed by atoms with van der Waals surface area (Å²) in [6.07, 6.45) is -1.56. The first kappa shape index (κ1) is 9.70. The molecule has 1 rings (SSSR count). The maximum atomic E-state index is 12.3. The summed E-state index contributed by atoms with van der Waals surface area (Å²) in [5.41, 5.74) is 5.63. The molecule has 72 valence electrons.